The molecule has 1 spiro atoms. The normalized spacial score (nSPS) is 19.3. The molecule has 1 aromatic heterocycles. The first-order valence-electron chi connectivity index (χ1n) is 8.33. The van der Waals surface area contributed by atoms with Gasteiger partial charge in [-0.05, 0) is 49.4 Å². The van der Waals surface area contributed by atoms with Crippen LogP contribution in [0.2, 0.25) is 0 Å². The van der Waals surface area contributed by atoms with Crippen LogP contribution in [0.15, 0.2) is 18.3 Å². The molecule has 2 aliphatic rings. The van der Waals surface area contributed by atoms with Crippen LogP contribution in [0.5, 0.6) is 0 Å². The van der Waals surface area contributed by atoms with E-state index in [0.29, 0.717) is 12.4 Å². The number of carbonyl (C=O) groups excluding carboxylic acids is 1. The van der Waals surface area contributed by atoms with Gasteiger partial charge in [0.1, 0.15) is 12.6 Å². The highest BCUT2D eigenvalue weighted by Gasteiger charge is 2.54. The number of carbonyl (C=O) groups is 1. The van der Waals surface area contributed by atoms with E-state index in [9.17, 15) is 9.70 Å². The molecule has 1 aliphatic heterocycles. The molecule has 0 unspecified atom stereocenters. The SMILES string of the molecule is C[N+](=O)c1ccc(N2CCN(C(=O)OC(C)(C)C)C3(CC3)C2)cn1. The first-order valence-corrected chi connectivity index (χ1v) is 8.33. The van der Waals surface area contributed by atoms with Crippen LogP contribution in [0.3, 0.4) is 0 Å². The molecule has 1 saturated carbocycles. The average molecular weight is 333 g/mol. The van der Waals surface area contributed by atoms with Crippen LogP contribution in [0.4, 0.5) is 16.3 Å². The first-order chi connectivity index (χ1) is 11.2. The number of hydrogen-bond donors (Lipinski definition) is 0. The summed E-state index contributed by atoms with van der Waals surface area (Å²) < 4.78 is 6.29. The molecule has 130 valence electrons. The second-order valence-corrected chi connectivity index (χ2v) is 7.65. The van der Waals surface area contributed by atoms with Gasteiger partial charge in [0, 0.05) is 25.7 Å². The molecule has 0 radical (unpaired) electrons. The van der Waals surface area contributed by atoms with Crippen molar-refractivity contribution in [1.29, 1.82) is 0 Å². The van der Waals surface area contributed by atoms with Gasteiger partial charge >= 0.3 is 11.9 Å². The summed E-state index contributed by atoms with van der Waals surface area (Å²) in [5.74, 6) is 0.396. The standard InChI is InChI=1S/C17H25N4O3/c1-16(2,3)24-15(22)21-10-9-20(12-17(21)7-8-17)13-5-6-14(18-11-13)19(4)23/h5-6,11H,7-10,12H2,1-4H3/q+1. The Hall–Kier alpha value is -2.18. The van der Waals surface area contributed by atoms with Gasteiger partial charge in [0.15, 0.2) is 6.20 Å². The highest BCUT2D eigenvalue weighted by Crippen LogP contribution is 2.45. The average Bonchev–Trinajstić information content (AvgIpc) is 3.25. The van der Waals surface area contributed by atoms with Gasteiger partial charge in [0.25, 0.3) is 0 Å². The third-order valence-electron chi connectivity index (χ3n) is 4.51. The zero-order chi connectivity index (χ0) is 17.5. The Labute approximate surface area is 142 Å². The van der Waals surface area contributed by atoms with Crippen LogP contribution in [0.25, 0.3) is 0 Å². The Morgan fingerprint density at radius 1 is 1.29 bits per heavy atom. The number of rotatable bonds is 2. The smallest absolute Gasteiger partial charge is 0.410 e. The first kappa shape index (κ1) is 16.7. The Morgan fingerprint density at radius 3 is 2.50 bits per heavy atom. The number of aromatic nitrogens is 1. The molecule has 24 heavy (non-hydrogen) atoms. The van der Waals surface area contributed by atoms with Crippen molar-refractivity contribution in [1.82, 2.24) is 9.88 Å². The van der Waals surface area contributed by atoms with Crippen LogP contribution >= 0.6 is 0 Å². The largest absolute Gasteiger partial charge is 0.444 e. The number of hydrogen-bond acceptors (Lipinski definition) is 5. The lowest BCUT2D eigenvalue weighted by molar-refractivity contribution is -0.432. The molecule has 3 rings (SSSR count). The fourth-order valence-corrected chi connectivity index (χ4v) is 3.12. The Balaban J connectivity index is 1.70. The lowest BCUT2D eigenvalue weighted by Gasteiger charge is -2.43. The Bertz CT molecular complexity index is 647. The van der Waals surface area contributed by atoms with E-state index in [-0.39, 0.29) is 11.6 Å². The minimum absolute atomic E-state index is 0.116. The minimum atomic E-state index is -0.478. The third-order valence-corrected chi connectivity index (χ3v) is 4.51. The molecular formula is C17H25N4O3+. The summed E-state index contributed by atoms with van der Waals surface area (Å²) in [7, 11) is 1.43. The Morgan fingerprint density at radius 2 is 2.00 bits per heavy atom. The molecule has 1 aromatic rings. The maximum absolute atomic E-state index is 12.5. The number of piperazine rings is 1. The fraction of sp³-hybridized carbons (Fsp3) is 0.647. The van der Waals surface area contributed by atoms with Crippen LogP contribution in [-0.2, 0) is 4.74 Å². The lowest BCUT2D eigenvalue weighted by Crippen LogP contribution is -2.58. The van der Waals surface area contributed by atoms with Gasteiger partial charge in [-0.3, -0.25) is 4.90 Å². The molecule has 2 heterocycles. The molecule has 1 aliphatic carbocycles. The van der Waals surface area contributed by atoms with Crippen molar-refractivity contribution in [2.45, 2.75) is 44.8 Å². The van der Waals surface area contributed by atoms with E-state index in [0.717, 1.165) is 36.4 Å². The van der Waals surface area contributed by atoms with Crippen molar-refractivity contribution < 1.29 is 14.3 Å². The molecule has 0 N–H and O–H groups in total. The summed E-state index contributed by atoms with van der Waals surface area (Å²) in [6.45, 7) is 7.82. The number of pyridine rings is 1. The van der Waals surface area contributed by atoms with Gasteiger partial charge in [-0.2, -0.15) is 0 Å². The molecule has 0 aromatic carbocycles. The van der Waals surface area contributed by atoms with Gasteiger partial charge in [-0.1, -0.05) is 4.91 Å². The van der Waals surface area contributed by atoms with Crippen molar-refractivity contribution in [3.05, 3.63) is 23.2 Å². The van der Waals surface area contributed by atoms with Crippen molar-refractivity contribution >= 4 is 17.6 Å². The summed E-state index contributed by atoms with van der Waals surface area (Å²) >= 11 is 0. The molecule has 7 heteroatoms. The highest BCUT2D eigenvalue weighted by molar-refractivity contribution is 5.71. The molecule has 1 saturated heterocycles. The van der Waals surface area contributed by atoms with E-state index in [1.54, 1.807) is 12.3 Å². The van der Waals surface area contributed by atoms with Crippen molar-refractivity contribution in [2.24, 2.45) is 0 Å². The van der Waals surface area contributed by atoms with Crippen LogP contribution in [0, 0.1) is 4.91 Å². The molecule has 7 nitrogen and oxygen atoms in total. The topological polar surface area (TPSA) is 65.8 Å². The number of nitroso groups, excluding NO2 is 1. The quantitative estimate of drug-likeness (QED) is 0.779. The second kappa shape index (κ2) is 5.72. The monoisotopic (exact) mass is 333 g/mol. The van der Waals surface area contributed by atoms with Crippen molar-refractivity contribution in [2.75, 3.05) is 31.6 Å². The summed E-state index contributed by atoms with van der Waals surface area (Å²) in [5.41, 5.74) is 0.388. The highest BCUT2D eigenvalue weighted by atomic mass is 16.6. The van der Waals surface area contributed by atoms with E-state index in [1.165, 1.54) is 7.05 Å². The summed E-state index contributed by atoms with van der Waals surface area (Å²) in [5, 5.41) is 0. The summed E-state index contributed by atoms with van der Waals surface area (Å²) in [4.78, 5) is 32.0. The number of nitrogens with zero attached hydrogens (tertiary/aromatic N) is 4. The van der Waals surface area contributed by atoms with Crippen molar-refractivity contribution in [3.8, 4) is 0 Å². The van der Waals surface area contributed by atoms with E-state index < -0.39 is 5.60 Å². The molecule has 0 atom stereocenters. The van der Waals surface area contributed by atoms with Crippen LogP contribution in [-0.4, -0.2) is 58.6 Å². The zero-order valence-electron chi connectivity index (χ0n) is 14.8. The third kappa shape index (κ3) is 3.34. The fourth-order valence-electron chi connectivity index (χ4n) is 3.12. The van der Waals surface area contributed by atoms with Gasteiger partial charge in [0.2, 0.25) is 0 Å². The number of ether oxygens (including phenoxy) is 1. The van der Waals surface area contributed by atoms with Gasteiger partial charge in [-0.25, -0.2) is 4.79 Å². The molecule has 0 bridgehead atoms. The second-order valence-electron chi connectivity index (χ2n) is 7.65. The van der Waals surface area contributed by atoms with E-state index in [2.05, 4.69) is 9.88 Å². The van der Waals surface area contributed by atoms with E-state index in [4.69, 9.17) is 4.74 Å². The Kier molecular flexibility index (Phi) is 3.97. The van der Waals surface area contributed by atoms with E-state index in [1.807, 2.05) is 31.7 Å². The summed E-state index contributed by atoms with van der Waals surface area (Å²) in [6.07, 6.45) is 3.50. The van der Waals surface area contributed by atoms with Crippen molar-refractivity contribution in [3.63, 3.8) is 0 Å². The molecule has 2 fully saturated rings. The lowest BCUT2D eigenvalue weighted by atomic mass is 10.1. The predicted octanol–water partition coefficient (Wildman–Crippen LogP) is 2.71. The maximum Gasteiger partial charge on any atom is 0.410 e. The summed E-state index contributed by atoms with van der Waals surface area (Å²) in [6, 6.07) is 3.64. The number of amides is 1. The van der Waals surface area contributed by atoms with Crippen LogP contribution in [0.1, 0.15) is 33.6 Å². The molecular weight excluding hydrogens is 308 g/mol. The zero-order valence-corrected chi connectivity index (χ0v) is 14.8. The van der Waals surface area contributed by atoms with Gasteiger partial charge in [0.05, 0.1) is 11.2 Å². The van der Waals surface area contributed by atoms with Crippen LogP contribution < -0.4 is 4.90 Å². The number of anilines is 1. The van der Waals surface area contributed by atoms with Gasteiger partial charge < -0.3 is 9.64 Å². The molecule has 1 amide bonds. The predicted molar refractivity (Wildman–Crippen MR) is 90.6 cm³/mol. The van der Waals surface area contributed by atoms with E-state index >= 15 is 0 Å². The maximum atomic E-state index is 12.5. The van der Waals surface area contributed by atoms with Gasteiger partial charge in [-0.15, -0.1) is 0 Å². The minimum Gasteiger partial charge on any atom is -0.444 e.